The largest absolute Gasteiger partial charge is 0.433 e. The molecule has 0 saturated carbocycles. The smallest absolute Gasteiger partial charge is 0.383 e. The van der Waals surface area contributed by atoms with Crippen LogP contribution in [0.5, 0.6) is 0 Å². The van der Waals surface area contributed by atoms with E-state index < -0.39 is 11.9 Å². The topological polar surface area (TPSA) is 53.1 Å². The molecule has 0 aromatic carbocycles. The third-order valence-corrected chi connectivity index (χ3v) is 4.51. The maximum absolute atomic E-state index is 12.6. The van der Waals surface area contributed by atoms with Crippen molar-refractivity contribution < 1.29 is 13.2 Å². The van der Waals surface area contributed by atoms with E-state index in [1.807, 2.05) is 6.07 Å². The van der Waals surface area contributed by atoms with Crippen LogP contribution >= 0.6 is 0 Å². The molecule has 5 nitrogen and oxygen atoms in total. The first kappa shape index (κ1) is 18.4. The maximum Gasteiger partial charge on any atom is 0.433 e. The number of hydrogen-bond acceptors (Lipinski definition) is 5. The summed E-state index contributed by atoms with van der Waals surface area (Å²) in [6.07, 6.45) is 2.45. The number of pyridine rings is 2. The highest BCUT2D eigenvalue weighted by atomic mass is 19.4. The Kier molecular flexibility index (Phi) is 5.61. The second-order valence-electron chi connectivity index (χ2n) is 6.64. The second-order valence-corrected chi connectivity index (χ2v) is 6.64. The Morgan fingerprint density at radius 3 is 2.46 bits per heavy atom. The first-order valence-electron chi connectivity index (χ1n) is 8.58. The maximum atomic E-state index is 12.6. The van der Waals surface area contributed by atoms with Gasteiger partial charge in [-0.25, -0.2) is 4.98 Å². The van der Waals surface area contributed by atoms with Gasteiger partial charge in [-0.3, -0.25) is 4.98 Å². The summed E-state index contributed by atoms with van der Waals surface area (Å²) >= 11 is 0. The molecule has 2 aromatic rings. The Morgan fingerprint density at radius 1 is 1.08 bits per heavy atom. The number of likely N-dealkylation sites (tertiary alicyclic amines) is 1. The van der Waals surface area contributed by atoms with Crippen molar-refractivity contribution in [3.05, 3.63) is 42.5 Å². The van der Waals surface area contributed by atoms with Gasteiger partial charge in [0.15, 0.2) is 0 Å². The standard InChI is InChI=1S/C18H22F3N5/c1-26-6-4-13(5-7-26)9-23-15-8-16(11-22-10-15)25-14-2-3-17(24-12-14)18(19,20)21/h2-3,8,10-13,23,25H,4-7,9H2,1H3. The van der Waals surface area contributed by atoms with Gasteiger partial charge in [-0.05, 0) is 57.1 Å². The average molecular weight is 365 g/mol. The molecular weight excluding hydrogens is 343 g/mol. The van der Waals surface area contributed by atoms with E-state index in [9.17, 15) is 13.2 Å². The van der Waals surface area contributed by atoms with Crippen LogP contribution in [0.3, 0.4) is 0 Å². The van der Waals surface area contributed by atoms with E-state index in [0.29, 0.717) is 17.3 Å². The lowest BCUT2D eigenvalue weighted by atomic mass is 9.97. The highest BCUT2D eigenvalue weighted by molar-refractivity contribution is 5.62. The fraction of sp³-hybridized carbons (Fsp3) is 0.444. The zero-order valence-corrected chi connectivity index (χ0v) is 14.6. The van der Waals surface area contributed by atoms with Crippen LogP contribution in [0, 0.1) is 5.92 Å². The molecule has 0 radical (unpaired) electrons. The molecule has 0 unspecified atom stereocenters. The van der Waals surface area contributed by atoms with Crippen molar-refractivity contribution in [3.8, 4) is 0 Å². The zero-order chi connectivity index (χ0) is 18.6. The van der Waals surface area contributed by atoms with Crippen LogP contribution in [-0.2, 0) is 6.18 Å². The van der Waals surface area contributed by atoms with Gasteiger partial charge in [-0.2, -0.15) is 13.2 Å². The summed E-state index contributed by atoms with van der Waals surface area (Å²) < 4.78 is 37.7. The van der Waals surface area contributed by atoms with Crippen molar-refractivity contribution >= 4 is 17.1 Å². The molecule has 140 valence electrons. The fourth-order valence-corrected chi connectivity index (χ4v) is 2.94. The summed E-state index contributed by atoms with van der Waals surface area (Å²) in [5, 5.41) is 6.43. The van der Waals surface area contributed by atoms with Crippen LogP contribution in [-0.4, -0.2) is 41.5 Å². The summed E-state index contributed by atoms with van der Waals surface area (Å²) in [4.78, 5) is 9.96. The first-order chi connectivity index (χ1) is 12.4. The van der Waals surface area contributed by atoms with Crippen LogP contribution in [0.4, 0.5) is 30.2 Å². The average Bonchev–Trinajstić information content (AvgIpc) is 2.61. The van der Waals surface area contributed by atoms with Gasteiger partial charge in [0.25, 0.3) is 0 Å². The fourth-order valence-electron chi connectivity index (χ4n) is 2.94. The SMILES string of the molecule is CN1CCC(CNc2cncc(Nc3ccc(C(F)(F)F)nc3)c2)CC1. The van der Waals surface area contributed by atoms with Gasteiger partial charge in [0, 0.05) is 6.54 Å². The van der Waals surface area contributed by atoms with Crippen LogP contribution in [0.15, 0.2) is 36.8 Å². The van der Waals surface area contributed by atoms with E-state index in [0.717, 1.165) is 31.4 Å². The number of rotatable bonds is 5. The molecule has 8 heteroatoms. The Morgan fingerprint density at radius 2 is 1.81 bits per heavy atom. The molecule has 1 aliphatic heterocycles. The number of anilines is 3. The number of alkyl halides is 3. The monoisotopic (exact) mass is 365 g/mol. The number of piperidine rings is 1. The van der Waals surface area contributed by atoms with E-state index in [1.165, 1.54) is 25.1 Å². The predicted octanol–water partition coefficient (Wildman–Crippen LogP) is 3.99. The lowest BCUT2D eigenvalue weighted by Gasteiger charge is -2.29. The summed E-state index contributed by atoms with van der Waals surface area (Å²) in [6.45, 7) is 3.13. The van der Waals surface area contributed by atoms with Gasteiger partial charge in [0.05, 0.1) is 35.7 Å². The summed E-state index contributed by atoms with van der Waals surface area (Å²) in [5.74, 6) is 0.641. The molecule has 1 saturated heterocycles. The highest BCUT2D eigenvalue weighted by Crippen LogP contribution is 2.28. The lowest BCUT2D eigenvalue weighted by molar-refractivity contribution is -0.141. The van der Waals surface area contributed by atoms with Crippen molar-refractivity contribution in [2.45, 2.75) is 19.0 Å². The quantitative estimate of drug-likeness (QED) is 0.839. The highest BCUT2D eigenvalue weighted by Gasteiger charge is 2.32. The molecule has 26 heavy (non-hydrogen) atoms. The van der Waals surface area contributed by atoms with Crippen molar-refractivity contribution in [1.82, 2.24) is 14.9 Å². The van der Waals surface area contributed by atoms with Crippen molar-refractivity contribution in [1.29, 1.82) is 0 Å². The number of aromatic nitrogens is 2. The van der Waals surface area contributed by atoms with Crippen molar-refractivity contribution in [2.24, 2.45) is 5.92 Å². The number of nitrogens with one attached hydrogen (secondary N) is 2. The van der Waals surface area contributed by atoms with E-state index in [4.69, 9.17) is 0 Å². The molecule has 3 heterocycles. The molecule has 0 atom stereocenters. The van der Waals surface area contributed by atoms with Crippen molar-refractivity contribution in [3.63, 3.8) is 0 Å². The minimum absolute atomic E-state index is 0.479. The molecule has 0 amide bonds. The lowest BCUT2D eigenvalue weighted by Crippen LogP contribution is -2.32. The zero-order valence-electron chi connectivity index (χ0n) is 14.6. The minimum Gasteiger partial charge on any atom is -0.383 e. The summed E-state index contributed by atoms with van der Waals surface area (Å²) in [6, 6.07) is 4.20. The second kappa shape index (κ2) is 7.90. The van der Waals surface area contributed by atoms with Gasteiger partial charge in [-0.1, -0.05) is 0 Å². The Hall–Kier alpha value is -2.35. The van der Waals surface area contributed by atoms with E-state index in [2.05, 4.69) is 32.5 Å². The normalized spacial score (nSPS) is 16.5. The van der Waals surface area contributed by atoms with E-state index >= 15 is 0 Å². The van der Waals surface area contributed by atoms with Gasteiger partial charge >= 0.3 is 6.18 Å². The van der Waals surface area contributed by atoms with Crippen molar-refractivity contribution in [2.75, 3.05) is 37.3 Å². The summed E-state index contributed by atoms with van der Waals surface area (Å²) in [5.41, 5.74) is 1.15. The molecule has 0 bridgehead atoms. The van der Waals surface area contributed by atoms with Crippen LogP contribution in [0.1, 0.15) is 18.5 Å². The van der Waals surface area contributed by atoms with Gasteiger partial charge in [0.1, 0.15) is 5.69 Å². The van der Waals surface area contributed by atoms with Gasteiger partial charge in [-0.15, -0.1) is 0 Å². The Labute approximate surface area is 150 Å². The predicted molar refractivity (Wildman–Crippen MR) is 95.5 cm³/mol. The van der Waals surface area contributed by atoms with Crippen LogP contribution in [0.25, 0.3) is 0 Å². The molecular formula is C18H22F3N5. The van der Waals surface area contributed by atoms with Crippen LogP contribution in [0.2, 0.25) is 0 Å². The van der Waals surface area contributed by atoms with Gasteiger partial charge < -0.3 is 15.5 Å². The summed E-state index contributed by atoms with van der Waals surface area (Å²) in [7, 11) is 2.14. The minimum atomic E-state index is -4.43. The molecule has 0 spiro atoms. The first-order valence-corrected chi connectivity index (χ1v) is 8.58. The molecule has 0 aliphatic carbocycles. The number of hydrogen-bond donors (Lipinski definition) is 2. The third-order valence-electron chi connectivity index (χ3n) is 4.51. The number of nitrogens with zero attached hydrogens (tertiary/aromatic N) is 3. The molecule has 2 aromatic heterocycles. The van der Waals surface area contributed by atoms with Gasteiger partial charge in [0.2, 0.25) is 0 Å². The molecule has 2 N–H and O–H groups in total. The number of halogens is 3. The molecule has 1 aliphatic rings. The van der Waals surface area contributed by atoms with E-state index in [-0.39, 0.29) is 0 Å². The third kappa shape index (κ3) is 5.08. The Balaban J connectivity index is 1.57. The van der Waals surface area contributed by atoms with E-state index in [1.54, 1.807) is 12.4 Å². The molecule has 3 rings (SSSR count). The van der Waals surface area contributed by atoms with Crippen LogP contribution < -0.4 is 10.6 Å². The molecule has 1 fully saturated rings. The Bertz CT molecular complexity index is 710.